The lowest BCUT2D eigenvalue weighted by Gasteiger charge is -2.12. The van der Waals surface area contributed by atoms with Crippen LogP contribution in [0.3, 0.4) is 0 Å². The fourth-order valence-electron chi connectivity index (χ4n) is 2.05. The molecule has 0 N–H and O–H groups in total. The standard InChI is InChI=1S/C15H16ClFN2O2/c1-2-3-8-18-13(16)9-14(20)19(15(18)21)10-11-6-4-5-7-12(11)17/h4-7,9H,2-3,8,10H2,1H3. The molecular weight excluding hydrogens is 295 g/mol. The van der Waals surface area contributed by atoms with Gasteiger partial charge in [-0.25, -0.2) is 9.18 Å². The molecule has 0 radical (unpaired) electrons. The van der Waals surface area contributed by atoms with Crippen LogP contribution in [0.2, 0.25) is 5.15 Å². The van der Waals surface area contributed by atoms with Crippen molar-refractivity contribution in [2.75, 3.05) is 0 Å². The first-order chi connectivity index (χ1) is 10.0. The van der Waals surface area contributed by atoms with Crippen molar-refractivity contribution in [2.45, 2.75) is 32.9 Å². The van der Waals surface area contributed by atoms with Gasteiger partial charge in [0.25, 0.3) is 5.56 Å². The SMILES string of the molecule is CCCCn1c(Cl)cc(=O)n(Cc2ccccc2F)c1=O. The zero-order valence-electron chi connectivity index (χ0n) is 11.7. The Labute approximate surface area is 126 Å². The summed E-state index contributed by atoms with van der Waals surface area (Å²) in [6, 6.07) is 7.26. The molecule has 0 atom stereocenters. The van der Waals surface area contributed by atoms with E-state index in [1.165, 1.54) is 16.7 Å². The molecule has 1 aromatic heterocycles. The maximum Gasteiger partial charge on any atom is 0.332 e. The maximum atomic E-state index is 13.7. The second kappa shape index (κ2) is 6.72. The molecule has 0 spiro atoms. The Morgan fingerprint density at radius 1 is 1.19 bits per heavy atom. The summed E-state index contributed by atoms with van der Waals surface area (Å²) in [4.78, 5) is 24.3. The third-order valence-corrected chi connectivity index (χ3v) is 3.56. The first kappa shape index (κ1) is 15.5. The predicted molar refractivity (Wildman–Crippen MR) is 80.4 cm³/mol. The van der Waals surface area contributed by atoms with Gasteiger partial charge in [-0.05, 0) is 12.5 Å². The molecule has 0 saturated heterocycles. The van der Waals surface area contributed by atoms with Crippen LogP contribution < -0.4 is 11.2 Å². The number of benzene rings is 1. The van der Waals surface area contributed by atoms with E-state index < -0.39 is 17.1 Å². The zero-order valence-corrected chi connectivity index (χ0v) is 12.4. The van der Waals surface area contributed by atoms with Gasteiger partial charge in [-0.1, -0.05) is 43.1 Å². The molecule has 0 fully saturated rings. The molecule has 1 heterocycles. The lowest BCUT2D eigenvalue weighted by Crippen LogP contribution is -2.40. The van der Waals surface area contributed by atoms with Crippen LogP contribution in [0.4, 0.5) is 4.39 Å². The van der Waals surface area contributed by atoms with Crippen molar-refractivity contribution >= 4 is 11.6 Å². The molecule has 112 valence electrons. The van der Waals surface area contributed by atoms with Gasteiger partial charge in [0.05, 0.1) is 6.54 Å². The molecule has 1 aromatic carbocycles. The number of halogens is 2. The smallest absolute Gasteiger partial charge is 0.284 e. The molecule has 0 aliphatic rings. The lowest BCUT2D eigenvalue weighted by atomic mass is 10.2. The Kier molecular flexibility index (Phi) is 4.96. The van der Waals surface area contributed by atoms with Gasteiger partial charge in [0, 0.05) is 18.2 Å². The summed E-state index contributed by atoms with van der Waals surface area (Å²) in [6.07, 6.45) is 1.67. The van der Waals surface area contributed by atoms with E-state index in [0.717, 1.165) is 17.4 Å². The molecule has 4 nitrogen and oxygen atoms in total. The fraction of sp³-hybridized carbons (Fsp3) is 0.333. The van der Waals surface area contributed by atoms with Crippen molar-refractivity contribution in [3.63, 3.8) is 0 Å². The molecule has 0 aliphatic heterocycles. The van der Waals surface area contributed by atoms with Crippen LogP contribution in [0.25, 0.3) is 0 Å². The second-order valence-corrected chi connectivity index (χ2v) is 5.16. The first-order valence-corrected chi connectivity index (χ1v) is 7.16. The van der Waals surface area contributed by atoms with Crippen LogP contribution in [0.5, 0.6) is 0 Å². The van der Waals surface area contributed by atoms with Gasteiger partial charge in [0.1, 0.15) is 11.0 Å². The third kappa shape index (κ3) is 3.42. The molecule has 0 amide bonds. The van der Waals surface area contributed by atoms with Crippen LogP contribution in [0, 0.1) is 5.82 Å². The van der Waals surface area contributed by atoms with Crippen molar-refractivity contribution < 1.29 is 4.39 Å². The highest BCUT2D eigenvalue weighted by molar-refractivity contribution is 6.29. The summed E-state index contributed by atoms with van der Waals surface area (Å²) in [5.74, 6) is -0.446. The molecule has 2 aromatic rings. The van der Waals surface area contributed by atoms with Crippen molar-refractivity contribution in [1.29, 1.82) is 0 Å². The van der Waals surface area contributed by atoms with Crippen molar-refractivity contribution in [1.82, 2.24) is 9.13 Å². The van der Waals surface area contributed by atoms with E-state index in [1.54, 1.807) is 18.2 Å². The Morgan fingerprint density at radius 2 is 1.90 bits per heavy atom. The quantitative estimate of drug-likeness (QED) is 0.797. The number of hydrogen-bond donors (Lipinski definition) is 0. The van der Waals surface area contributed by atoms with Crippen LogP contribution in [0.15, 0.2) is 39.9 Å². The van der Waals surface area contributed by atoms with Gasteiger partial charge in [-0.15, -0.1) is 0 Å². The molecule has 6 heteroatoms. The number of rotatable bonds is 5. The monoisotopic (exact) mass is 310 g/mol. The highest BCUT2D eigenvalue weighted by Crippen LogP contribution is 2.08. The van der Waals surface area contributed by atoms with Crippen molar-refractivity contribution in [2.24, 2.45) is 0 Å². The van der Waals surface area contributed by atoms with Gasteiger partial charge in [-0.2, -0.15) is 0 Å². The van der Waals surface area contributed by atoms with E-state index in [1.807, 2.05) is 6.92 Å². The molecule has 0 saturated carbocycles. The van der Waals surface area contributed by atoms with E-state index in [9.17, 15) is 14.0 Å². The minimum atomic E-state index is -0.527. The fourth-order valence-corrected chi connectivity index (χ4v) is 2.30. The molecule has 0 unspecified atom stereocenters. The lowest BCUT2D eigenvalue weighted by molar-refractivity contribution is 0.540. The number of nitrogens with zero attached hydrogens (tertiary/aromatic N) is 2. The average Bonchev–Trinajstić information content (AvgIpc) is 2.45. The summed E-state index contributed by atoms with van der Waals surface area (Å²) >= 11 is 5.95. The molecular formula is C15H16ClFN2O2. The largest absolute Gasteiger partial charge is 0.332 e. The predicted octanol–water partition coefficient (Wildman–Crippen LogP) is 2.65. The van der Waals surface area contributed by atoms with Gasteiger partial charge in [-0.3, -0.25) is 13.9 Å². The Hall–Kier alpha value is -1.88. The van der Waals surface area contributed by atoms with Crippen molar-refractivity contribution in [3.8, 4) is 0 Å². The van der Waals surface area contributed by atoms with E-state index in [2.05, 4.69) is 0 Å². The Bertz CT molecular complexity index is 752. The number of aromatic nitrogens is 2. The molecule has 0 aliphatic carbocycles. The summed E-state index contributed by atoms with van der Waals surface area (Å²) in [5.41, 5.74) is -0.744. The van der Waals surface area contributed by atoms with E-state index in [0.29, 0.717) is 12.1 Å². The molecule has 2 rings (SSSR count). The summed E-state index contributed by atoms with van der Waals surface area (Å²) in [6.45, 7) is 2.33. The summed E-state index contributed by atoms with van der Waals surface area (Å²) in [5, 5.41) is 0.114. The summed E-state index contributed by atoms with van der Waals surface area (Å²) < 4.78 is 16.0. The van der Waals surface area contributed by atoms with Crippen LogP contribution >= 0.6 is 11.6 Å². The third-order valence-electron chi connectivity index (χ3n) is 3.25. The van der Waals surface area contributed by atoms with E-state index >= 15 is 0 Å². The summed E-state index contributed by atoms with van der Waals surface area (Å²) in [7, 11) is 0. The zero-order chi connectivity index (χ0) is 15.4. The Balaban J connectivity index is 2.47. The van der Waals surface area contributed by atoms with Gasteiger partial charge < -0.3 is 0 Å². The highest BCUT2D eigenvalue weighted by atomic mass is 35.5. The molecule has 0 bridgehead atoms. The Morgan fingerprint density at radius 3 is 2.57 bits per heavy atom. The molecule has 21 heavy (non-hydrogen) atoms. The topological polar surface area (TPSA) is 44.0 Å². The van der Waals surface area contributed by atoms with E-state index in [-0.39, 0.29) is 11.7 Å². The average molecular weight is 311 g/mol. The second-order valence-electron chi connectivity index (χ2n) is 4.77. The highest BCUT2D eigenvalue weighted by Gasteiger charge is 2.11. The van der Waals surface area contributed by atoms with E-state index in [4.69, 9.17) is 11.6 Å². The van der Waals surface area contributed by atoms with Crippen LogP contribution in [-0.4, -0.2) is 9.13 Å². The van der Waals surface area contributed by atoms with Crippen LogP contribution in [0.1, 0.15) is 25.3 Å². The minimum absolute atomic E-state index is 0.104. The van der Waals surface area contributed by atoms with Gasteiger partial charge >= 0.3 is 5.69 Å². The normalized spacial score (nSPS) is 10.8. The maximum absolute atomic E-state index is 13.7. The van der Waals surface area contributed by atoms with Gasteiger partial charge in [0.2, 0.25) is 0 Å². The van der Waals surface area contributed by atoms with Crippen LogP contribution in [-0.2, 0) is 13.1 Å². The van der Waals surface area contributed by atoms with Crippen molar-refractivity contribution in [3.05, 3.63) is 67.7 Å². The number of unbranched alkanes of at least 4 members (excludes halogenated alkanes) is 1. The minimum Gasteiger partial charge on any atom is -0.284 e. The van der Waals surface area contributed by atoms with Gasteiger partial charge in [0.15, 0.2) is 0 Å². The first-order valence-electron chi connectivity index (χ1n) is 6.78. The number of hydrogen-bond acceptors (Lipinski definition) is 2.